The van der Waals surface area contributed by atoms with Gasteiger partial charge in [0, 0.05) is 26.0 Å². The zero-order chi connectivity index (χ0) is 25.6. The molecule has 2 radical (unpaired) electrons. The monoisotopic (exact) mass is 572 g/mol. The van der Waals surface area contributed by atoms with Crippen molar-refractivity contribution in [3.63, 3.8) is 0 Å². The summed E-state index contributed by atoms with van der Waals surface area (Å²) in [6.07, 6.45) is 0.278. The van der Waals surface area contributed by atoms with E-state index in [0.717, 1.165) is 17.0 Å². The quantitative estimate of drug-likeness (QED) is 0.211. The molecule has 0 aliphatic carbocycles. The molecule has 0 N–H and O–H groups in total. The van der Waals surface area contributed by atoms with E-state index < -0.39 is 50.1 Å². The highest BCUT2D eigenvalue weighted by Crippen LogP contribution is 2.30. The van der Waals surface area contributed by atoms with Gasteiger partial charge in [-0.1, -0.05) is 0 Å². The van der Waals surface area contributed by atoms with E-state index in [2.05, 4.69) is 85.9 Å². The van der Waals surface area contributed by atoms with Gasteiger partial charge >= 0.3 is 18.6 Å². The normalized spacial score (nSPS) is 15.0. The highest BCUT2D eigenvalue weighted by Gasteiger charge is 2.45. The Kier molecular flexibility index (Phi) is 13.0. The molecule has 0 bridgehead atoms. The Morgan fingerprint density at radius 1 is 0.562 bits per heavy atom. The zero-order valence-corrected chi connectivity index (χ0v) is 30.6. The zero-order valence-electron chi connectivity index (χ0n) is 23.6. The maximum Gasteiger partial charge on any atom is 0.410 e. The molecule has 0 aliphatic rings. The molecule has 32 heavy (non-hydrogen) atoms. The van der Waals surface area contributed by atoms with E-state index in [1.54, 1.807) is 14.2 Å². The lowest BCUT2D eigenvalue weighted by Crippen LogP contribution is -2.54. The summed E-state index contributed by atoms with van der Waals surface area (Å²) in [5.41, 5.74) is 3.08. The van der Waals surface area contributed by atoms with Gasteiger partial charge in [0.15, 0.2) is 41.6 Å². The smallest absolute Gasteiger partial charge is 0.410 e. The summed E-state index contributed by atoms with van der Waals surface area (Å²) >= 11 is 0. The lowest BCUT2D eigenvalue weighted by molar-refractivity contribution is 0.233. The van der Waals surface area contributed by atoms with E-state index in [-0.39, 0.29) is 16.1 Å². The molecule has 0 aliphatic heterocycles. The van der Waals surface area contributed by atoms with Gasteiger partial charge in [0.2, 0.25) is 0 Å². The Morgan fingerprint density at radius 2 is 0.938 bits per heavy atom. The highest BCUT2D eigenvalue weighted by molar-refractivity contribution is 6.97. The lowest BCUT2D eigenvalue weighted by atomic mass is 10.5. The second-order valence-electron chi connectivity index (χ2n) is 12.4. The molecule has 0 saturated carbocycles. The van der Waals surface area contributed by atoms with Gasteiger partial charge in [0.1, 0.15) is 0 Å². The SMILES string of the molecule is CO[Si](C)(C[Si](C)(C)O[Si](C)(C)C[Si](C)(C)O[Si]O[Si](C)(C)C[Si](C)(C)OC(C)C)OC. The van der Waals surface area contributed by atoms with Crippen LogP contribution in [0.3, 0.4) is 0 Å². The maximum atomic E-state index is 6.88. The van der Waals surface area contributed by atoms with Crippen molar-refractivity contribution in [1.82, 2.24) is 0 Å². The first kappa shape index (κ1) is 33.3. The van der Waals surface area contributed by atoms with E-state index in [1.807, 2.05) is 0 Å². The van der Waals surface area contributed by atoms with Gasteiger partial charge in [-0.05, 0) is 97.2 Å². The average Bonchev–Trinajstić information content (AvgIpc) is 2.48. The molecule has 192 valence electrons. The summed E-state index contributed by atoms with van der Waals surface area (Å²) in [5, 5.41) is 0. The van der Waals surface area contributed by atoms with Gasteiger partial charge in [0.05, 0.1) is 0 Å². The molecule has 0 amide bonds. The van der Waals surface area contributed by atoms with Crippen molar-refractivity contribution in [1.29, 1.82) is 0 Å². The van der Waals surface area contributed by atoms with Crippen LogP contribution in [-0.4, -0.2) is 80.5 Å². The molecule has 0 aromatic heterocycles. The van der Waals surface area contributed by atoms with Crippen LogP contribution in [-0.2, 0) is 25.6 Å². The molecule has 0 heterocycles. The Hall–Kier alpha value is 1.28. The first-order valence-electron chi connectivity index (χ1n) is 11.7. The standard InChI is InChI=1S/C19H52O6Si7/c1-19(2)22-27(5,6)16-28(7,8)23-26-24-29(9,10)17-30(11,12)25-31(13,14)18-32(15,20-3)21-4/h19H,16-18H2,1-15H3. The Labute approximate surface area is 208 Å². The van der Waals surface area contributed by atoms with E-state index >= 15 is 0 Å². The fraction of sp³-hybridized carbons (Fsp3) is 1.00. The summed E-state index contributed by atoms with van der Waals surface area (Å²) in [6.45, 7) is 29.4. The van der Waals surface area contributed by atoms with Crippen molar-refractivity contribution in [3.8, 4) is 0 Å². The molecule has 0 aromatic rings. The van der Waals surface area contributed by atoms with Gasteiger partial charge < -0.3 is 25.6 Å². The maximum absolute atomic E-state index is 6.88. The molecular weight excluding hydrogens is 521 g/mol. The number of rotatable bonds is 16. The minimum absolute atomic E-state index is 0.117. The highest BCUT2D eigenvalue weighted by atomic mass is 28.5. The first-order chi connectivity index (χ1) is 14.1. The predicted octanol–water partition coefficient (Wildman–Crippen LogP) is 6.00. The van der Waals surface area contributed by atoms with Gasteiger partial charge in [-0.2, -0.15) is 0 Å². The Balaban J connectivity index is 4.87. The van der Waals surface area contributed by atoms with Crippen LogP contribution < -0.4 is 0 Å². The van der Waals surface area contributed by atoms with Crippen molar-refractivity contribution in [2.24, 2.45) is 0 Å². The summed E-state index contributed by atoms with van der Waals surface area (Å²) in [5.74, 6) is 0. The van der Waals surface area contributed by atoms with Crippen molar-refractivity contribution in [2.75, 3.05) is 14.2 Å². The Morgan fingerprint density at radius 3 is 1.31 bits per heavy atom. The molecular formula is C19H52O6Si7. The Bertz CT molecular complexity index is 566. The van der Waals surface area contributed by atoms with Crippen LogP contribution >= 0.6 is 0 Å². The van der Waals surface area contributed by atoms with E-state index in [4.69, 9.17) is 25.6 Å². The van der Waals surface area contributed by atoms with Crippen LogP contribution in [0.25, 0.3) is 0 Å². The molecule has 0 fully saturated rings. The minimum Gasteiger partial charge on any atom is -0.456 e. The third kappa shape index (κ3) is 14.6. The van der Waals surface area contributed by atoms with Crippen LogP contribution in [0.5, 0.6) is 0 Å². The van der Waals surface area contributed by atoms with Crippen LogP contribution in [0, 0.1) is 0 Å². The van der Waals surface area contributed by atoms with Gasteiger partial charge in [-0.25, -0.2) is 0 Å². The van der Waals surface area contributed by atoms with Crippen molar-refractivity contribution < 1.29 is 25.6 Å². The molecule has 0 aromatic carbocycles. The van der Waals surface area contributed by atoms with E-state index in [1.165, 1.54) is 0 Å². The van der Waals surface area contributed by atoms with Crippen LogP contribution in [0.2, 0.25) is 89.0 Å². The van der Waals surface area contributed by atoms with Gasteiger partial charge in [-0.3, -0.25) is 0 Å². The summed E-state index contributed by atoms with van der Waals surface area (Å²) < 4.78 is 37.4. The van der Waals surface area contributed by atoms with Crippen LogP contribution in [0.1, 0.15) is 13.8 Å². The molecule has 0 atom stereocenters. The van der Waals surface area contributed by atoms with Crippen molar-refractivity contribution in [3.05, 3.63) is 0 Å². The van der Waals surface area contributed by atoms with Crippen molar-refractivity contribution >= 4 is 60.2 Å². The molecule has 0 saturated heterocycles. The van der Waals surface area contributed by atoms with Gasteiger partial charge in [0.25, 0.3) is 0 Å². The average molecular weight is 573 g/mol. The fourth-order valence-electron chi connectivity index (χ4n) is 4.87. The largest absolute Gasteiger partial charge is 0.456 e. The molecule has 0 unspecified atom stereocenters. The predicted molar refractivity (Wildman–Crippen MR) is 153 cm³/mol. The van der Waals surface area contributed by atoms with Crippen LogP contribution in [0.15, 0.2) is 0 Å². The number of hydrogen-bond acceptors (Lipinski definition) is 6. The van der Waals surface area contributed by atoms with Gasteiger partial charge in [-0.15, -0.1) is 0 Å². The first-order valence-corrected chi connectivity index (χ1v) is 30.6. The number of hydrogen-bond donors (Lipinski definition) is 0. The summed E-state index contributed by atoms with van der Waals surface area (Å²) in [6, 6.07) is 0. The van der Waals surface area contributed by atoms with Crippen LogP contribution in [0.4, 0.5) is 0 Å². The molecule has 0 rings (SSSR count). The van der Waals surface area contributed by atoms with E-state index in [9.17, 15) is 0 Å². The minimum atomic E-state index is -2.15. The second kappa shape index (κ2) is 12.5. The molecule has 0 spiro atoms. The second-order valence-corrected chi connectivity index (χ2v) is 40.2. The fourth-order valence-corrected chi connectivity index (χ4v) is 42.5. The topological polar surface area (TPSA) is 55.4 Å². The molecule has 13 heteroatoms. The lowest BCUT2D eigenvalue weighted by Gasteiger charge is -2.40. The third-order valence-electron chi connectivity index (χ3n) is 5.06. The third-order valence-corrected chi connectivity index (χ3v) is 37.0. The summed E-state index contributed by atoms with van der Waals surface area (Å²) in [4.78, 5) is 0. The van der Waals surface area contributed by atoms with E-state index in [0.29, 0.717) is 0 Å². The van der Waals surface area contributed by atoms with Crippen molar-refractivity contribution in [2.45, 2.75) is 109 Å². The molecule has 6 nitrogen and oxygen atoms in total. The summed E-state index contributed by atoms with van der Waals surface area (Å²) in [7, 11) is -7.76.